The van der Waals surface area contributed by atoms with Gasteiger partial charge in [-0.25, -0.2) is 13.8 Å². The number of amides is 1. The van der Waals surface area contributed by atoms with Crippen LogP contribution in [0.4, 0.5) is 8.78 Å². The normalized spacial score (nSPS) is 14.7. The van der Waals surface area contributed by atoms with E-state index < -0.39 is 0 Å². The summed E-state index contributed by atoms with van der Waals surface area (Å²) in [5, 5.41) is 0. The fourth-order valence-corrected chi connectivity index (χ4v) is 3.24. The molecule has 1 fully saturated rings. The lowest BCUT2D eigenvalue weighted by molar-refractivity contribution is -0.135. The van der Waals surface area contributed by atoms with Crippen LogP contribution in [0.2, 0.25) is 0 Å². The average Bonchev–Trinajstić information content (AvgIpc) is 3.22. The zero-order valence-corrected chi connectivity index (χ0v) is 16.3. The largest absolute Gasteiger partial charge is 0.484 e. The number of ether oxygens (including phenoxy) is 1. The summed E-state index contributed by atoms with van der Waals surface area (Å²) in [7, 11) is 0. The van der Waals surface area contributed by atoms with Crippen LogP contribution in [0.1, 0.15) is 5.89 Å². The number of benzene rings is 2. The van der Waals surface area contributed by atoms with Gasteiger partial charge >= 0.3 is 0 Å². The van der Waals surface area contributed by atoms with E-state index in [0.29, 0.717) is 50.1 Å². The molecule has 6 nitrogen and oxygen atoms in total. The molecule has 30 heavy (non-hydrogen) atoms. The Morgan fingerprint density at radius 1 is 0.967 bits per heavy atom. The molecular formula is C22H21F2N3O3. The molecular weight excluding hydrogens is 392 g/mol. The first-order valence-corrected chi connectivity index (χ1v) is 9.66. The summed E-state index contributed by atoms with van der Waals surface area (Å²) in [6, 6.07) is 11.6. The topological polar surface area (TPSA) is 58.8 Å². The van der Waals surface area contributed by atoms with E-state index >= 15 is 0 Å². The summed E-state index contributed by atoms with van der Waals surface area (Å²) in [5.41, 5.74) is 0.770. The number of hydrogen-bond donors (Lipinski definition) is 0. The number of carbonyl (C=O) groups is 1. The molecule has 1 aliphatic rings. The van der Waals surface area contributed by atoms with Crippen LogP contribution < -0.4 is 4.74 Å². The molecule has 0 aliphatic carbocycles. The van der Waals surface area contributed by atoms with Crippen molar-refractivity contribution >= 4 is 5.91 Å². The van der Waals surface area contributed by atoms with Crippen molar-refractivity contribution in [2.45, 2.75) is 6.54 Å². The second-order valence-corrected chi connectivity index (χ2v) is 7.02. The van der Waals surface area contributed by atoms with E-state index in [1.54, 1.807) is 23.2 Å². The van der Waals surface area contributed by atoms with E-state index in [0.717, 1.165) is 5.56 Å². The number of rotatable bonds is 6. The van der Waals surface area contributed by atoms with E-state index in [9.17, 15) is 13.6 Å². The number of aromatic nitrogens is 1. The van der Waals surface area contributed by atoms with Crippen molar-refractivity contribution in [3.05, 3.63) is 72.3 Å². The summed E-state index contributed by atoms with van der Waals surface area (Å²) in [4.78, 5) is 20.5. The van der Waals surface area contributed by atoms with Crippen LogP contribution in [0.5, 0.6) is 5.75 Å². The molecule has 0 atom stereocenters. The van der Waals surface area contributed by atoms with E-state index in [1.165, 1.54) is 36.4 Å². The van der Waals surface area contributed by atoms with Crippen LogP contribution in [-0.2, 0) is 11.3 Å². The van der Waals surface area contributed by atoms with Crippen LogP contribution in [0.15, 0.2) is 59.1 Å². The van der Waals surface area contributed by atoms with Crippen molar-refractivity contribution in [2.24, 2.45) is 0 Å². The maximum Gasteiger partial charge on any atom is 0.260 e. The highest BCUT2D eigenvalue weighted by atomic mass is 19.1. The fraction of sp³-hybridized carbons (Fsp3) is 0.273. The Hall–Kier alpha value is -3.26. The molecule has 1 saturated heterocycles. The van der Waals surface area contributed by atoms with Crippen LogP contribution in [0.25, 0.3) is 11.3 Å². The molecule has 156 valence electrons. The molecule has 8 heteroatoms. The standard InChI is InChI=1S/C22H21F2N3O3/c23-17-3-1-16(2-4-17)20-13-25-21(30-20)14-26-9-11-27(12-10-26)22(28)15-29-19-7-5-18(24)6-8-19/h1-8,13H,9-12,14-15H2. The number of halogens is 2. The molecule has 2 heterocycles. The van der Waals surface area contributed by atoms with E-state index in [-0.39, 0.29) is 24.1 Å². The Bertz CT molecular complexity index is 982. The highest BCUT2D eigenvalue weighted by molar-refractivity contribution is 5.77. The second-order valence-electron chi connectivity index (χ2n) is 7.02. The lowest BCUT2D eigenvalue weighted by Crippen LogP contribution is -2.49. The van der Waals surface area contributed by atoms with Crippen LogP contribution in [0, 0.1) is 11.6 Å². The first-order chi connectivity index (χ1) is 14.6. The molecule has 0 radical (unpaired) electrons. The Morgan fingerprint density at radius 2 is 1.60 bits per heavy atom. The van der Waals surface area contributed by atoms with E-state index in [4.69, 9.17) is 9.15 Å². The third-order valence-corrected chi connectivity index (χ3v) is 4.94. The Kier molecular flexibility index (Phi) is 6.04. The first-order valence-electron chi connectivity index (χ1n) is 9.66. The Morgan fingerprint density at radius 3 is 2.27 bits per heavy atom. The molecule has 4 rings (SSSR count). The first kappa shape index (κ1) is 20.0. The van der Waals surface area contributed by atoms with Gasteiger partial charge in [-0.3, -0.25) is 9.69 Å². The molecule has 1 amide bonds. The van der Waals surface area contributed by atoms with Crippen molar-refractivity contribution < 1.29 is 22.7 Å². The van der Waals surface area contributed by atoms with Gasteiger partial charge in [0.25, 0.3) is 5.91 Å². The Balaban J connectivity index is 1.24. The molecule has 0 saturated carbocycles. The van der Waals surface area contributed by atoms with Gasteiger partial charge in [0.05, 0.1) is 12.7 Å². The van der Waals surface area contributed by atoms with Crippen LogP contribution in [0.3, 0.4) is 0 Å². The highest BCUT2D eigenvalue weighted by Gasteiger charge is 2.22. The minimum atomic E-state index is -0.347. The molecule has 3 aromatic rings. The number of piperazine rings is 1. The fourth-order valence-electron chi connectivity index (χ4n) is 3.24. The second kappa shape index (κ2) is 9.04. The monoisotopic (exact) mass is 413 g/mol. The lowest BCUT2D eigenvalue weighted by atomic mass is 10.2. The van der Waals surface area contributed by atoms with Crippen molar-refractivity contribution in [1.29, 1.82) is 0 Å². The molecule has 1 aliphatic heterocycles. The van der Waals surface area contributed by atoms with Gasteiger partial charge in [0.1, 0.15) is 17.4 Å². The summed E-state index contributed by atoms with van der Waals surface area (Å²) in [6.45, 7) is 3.00. The lowest BCUT2D eigenvalue weighted by Gasteiger charge is -2.33. The van der Waals surface area contributed by atoms with Crippen LogP contribution >= 0.6 is 0 Å². The van der Waals surface area contributed by atoms with Gasteiger partial charge < -0.3 is 14.1 Å². The van der Waals surface area contributed by atoms with Crippen molar-refractivity contribution in [3.8, 4) is 17.1 Å². The quantitative estimate of drug-likeness (QED) is 0.620. The van der Waals surface area contributed by atoms with Gasteiger partial charge in [0.15, 0.2) is 12.4 Å². The molecule has 1 aromatic heterocycles. The van der Waals surface area contributed by atoms with Gasteiger partial charge in [-0.15, -0.1) is 0 Å². The summed E-state index contributed by atoms with van der Waals surface area (Å²) in [6.07, 6.45) is 1.63. The number of carbonyl (C=O) groups excluding carboxylic acids is 1. The van der Waals surface area contributed by atoms with Gasteiger partial charge in [-0.05, 0) is 48.5 Å². The Labute approximate surface area is 172 Å². The zero-order chi connectivity index (χ0) is 20.9. The van der Waals surface area contributed by atoms with Gasteiger partial charge in [0.2, 0.25) is 5.89 Å². The maximum absolute atomic E-state index is 13.1. The maximum atomic E-state index is 13.1. The summed E-state index contributed by atoms with van der Waals surface area (Å²) >= 11 is 0. The number of hydrogen-bond acceptors (Lipinski definition) is 5. The van der Waals surface area contributed by atoms with E-state index in [2.05, 4.69) is 9.88 Å². The molecule has 2 aromatic carbocycles. The third-order valence-electron chi connectivity index (χ3n) is 4.94. The molecule has 0 bridgehead atoms. The van der Waals surface area contributed by atoms with Gasteiger partial charge in [0, 0.05) is 31.7 Å². The average molecular weight is 413 g/mol. The third kappa shape index (κ3) is 5.01. The van der Waals surface area contributed by atoms with Crippen LogP contribution in [-0.4, -0.2) is 53.5 Å². The van der Waals surface area contributed by atoms with Gasteiger partial charge in [-0.2, -0.15) is 0 Å². The molecule has 0 unspecified atom stereocenters. The van der Waals surface area contributed by atoms with E-state index in [1.807, 2.05) is 0 Å². The van der Waals surface area contributed by atoms with Crippen molar-refractivity contribution in [2.75, 3.05) is 32.8 Å². The number of nitrogens with zero attached hydrogens (tertiary/aromatic N) is 3. The predicted molar refractivity (Wildman–Crippen MR) is 106 cm³/mol. The number of oxazole rings is 1. The minimum absolute atomic E-state index is 0.0770. The minimum Gasteiger partial charge on any atom is -0.484 e. The van der Waals surface area contributed by atoms with Crippen molar-refractivity contribution in [1.82, 2.24) is 14.8 Å². The highest BCUT2D eigenvalue weighted by Crippen LogP contribution is 2.21. The molecule has 0 spiro atoms. The van der Waals surface area contributed by atoms with Crippen molar-refractivity contribution in [3.63, 3.8) is 0 Å². The van der Waals surface area contributed by atoms with Gasteiger partial charge in [-0.1, -0.05) is 0 Å². The summed E-state index contributed by atoms with van der Waals surface area (Å²) < 4.78 is 37.2. The SMILES string of the molecule is O=C(COc1ccc(F)cc1)N1CCN(Cc2ncc(-c3ccc(F)cc3)o2)CC1. The summed E-state index contributed by atoms with van der Waals surface area (Å²) in [5.74, 6) is 0.887. The zero-order valence-electron chi connectivity index (χ0n) is 16.3. The molecule has 0 N–H and O–H groups in total. The smallest absolute Gasteiger partial charge is 0.260 e. The predicted octanol–water partition coefficient (Wildman–Crippen LogP) is 3.34.